The number of pyridine rings is 1. The zero-order valence-corrected chi connectivity index (χ0v) is 18.1. The maximum absolute atomic E-state index is 13.9. The van der Waals surface area contributed by atoms with Gasteiger partial charge in [-0.2, -0.15) is 0 Å². The van der Waals surface area contributed by atoms with Gasteiger partial charge in [0.2, 0.25) is 0 Å². The Morgan fingerprint density at radius 3 is 2.75 bits per heavy atom. The second-order valence-corrected chi connectivity index (χ2v) is 8.40. The molecule has 3 aromatic rings. The second kappa shape index (κ2) is 8.76. The van der Waals surface area contributed by atoms with Crippen LogP contribution in [0.5, 0.6) is 5.75 Å². The van der Waals surface area contributed by atoms with Crippen molar-refractivity contribution >= 4 is 5.91 Å². The highest BCUT2D eigenvalue weighted by Crippen LogP contribution is 2.42. The fraction of sp³-hybridized carbons (Fsp3) is 0.360. The third kappa shape index (κ3) is 3.89. The lowest BCUT2D eigenvalue weighted by atomic mass is 9.83. The number of hydrogen-bond donors (Lipinski definition) is 0. The van der Waals surface area contributed by atoms with Crippen LogP contribution in [-0.4, -0.2) is 59.6 Å². The predicted molar refractivity (Wildman–Crippen MR) is 118 cm³/mol. The summed E-state index contributed by atoms with van der Waals surface area (Å²) in [6.07, 6.45) is 5.28. The number of amides is 1. The molecule has 2 saturated heterocycles. The van der Waals surface area contributed by atoms with Gasteiger partial charge in [0, 0.05) is 44.5 Å². The highest BCUT2D eigenvalue weighted by molar-refractivity contribution is 5.88. The number of carbonyl (C=O) groups excluding carboxylic acids is 1. The van der Waals surface area contributed by atoms with Gasteiger partial charge >= 0.3 is 0 Å². The zero-order chi connectivity index (χ0) is 22.0. The van der Waals surface area contributed by atoms with Gasteiger partial charge in [-0.15, -0.1) is 0 Å². The van der Waals surface area contributed by atoms with E-state index < -0.39 is 5.60 Å². The summed E-state index contributed by atoms with van der Waals surface area (Å²) >= 11 is 0. The number of morpholine rings is 1. The van der Waals surface area contributed by atoms with Gasteiger partial charge in [-0.1, -0.05) is 18.2 Å². The number of likely N-dealkylation sites (tertiary alicyclic amines) is 1. The van der Waals surface area contributed by atoms with Crippen LogP contribution in [0, 0.1) is 0 Å². The molecule has 7 heteroatoms. The summed E-state index contributed by atoms with van der Waals surface area (Å²) in [5, 5.41) is 0. The number of nitrogens with zero attached hydrogens (tertiary/aromatic N) is 3. The van der Waals surface area contributed by atoms with E-state index in [1.807, 2.05) is 59.6 Å². The molecular weight excluding hydrogens is 406 g/mol. The minimum Gasteiger partial charge on any atom is -0.497 e. The zero-order valence-electron chi connectivity index (χ0n) is 18.1. The number of hydrogen-bond acceptors (Lipinski definition) is 6. The summed E-state index contributed by atoms with van der Waals surface area (Å²) in [7, 11) is 1.65. The first-order valence-corrected chi connectivity index (χ1v) is 10.9. The van der Waals surface area contributed by atoms with Crippen LogP contribution in [0.15, 0.2) is 71.6 Å². The summed E-state index contributed by atoms with van der Waals surface area (Å²) < 4.78 is 17.2. The van der Waals surface area contributed by atoms with Crippen molar-refractivity contribution in [2.45, 2.75) is 24.6 Å². The Kier molecular flexibility index (Phi) is 5.68. The third-order valence-electron chi connectivity index (χ3n) is 6.41. The van der Waals surface area contributed by atoms with Crippen LogP contribution in [0.3, 0.4) is 0 Å². The molecule has 0 bridgehead atoms. The van der Waals surface area contributed by atoms with Crippen LogP contribution < -0.4 is 4.74 Å². The van der Waals surface area contributed by atoms with Crippen LogP contribution >= 0.6 is 0 Å². The van der Waals surface area contributed by atoms with Crippen molar-refractivity contribution in [3.05, 3.63) is 84.1 Å². The fourth-order valence-electron chi connectivity index (χ4n) is 4.85. The molecule has 0 radical (unpaired) electrons. The normalized spacial score (nSPS) is 23.7. The molecule has 0 N–H and O–H groups in total. The largest absolute Gasteiger partial charge is 0.497 e. The number of carbonyl (C=O) groups is 1. The van der Waals surface area contributed by atoms with Crippen molar-refractivity contribution in [3.8, 4) is 5.75 Å². The number of rotatable bonds is 6. The van der Waals surface area contributed by atoms with Crippen LogP contribution in [0.2, 0.25) is 0 Å². The molecule has 1 spiro atoms. The van der Waals surface area contributed by atoms with Crippen molar-refractivity contribution in [2.75, 3.05) is 33.4 Å². The Hall–Kier alpha value is -3.16. The molecule has 0 aliphatic carbocycles. The minimum absolute atomic E-state index is 0.0374. The van der Waals surface area contributed by atoms with E-state index >= 15 is 0 Å². The molecule has 1 amide bonds. The first kappa shape index (κ1) is 20.7. The predicted octanol–water partition coefficient (Wildman–Crippen LogP) is 3.08. The molecule has 32 heavy (non-hydrogen) atoms. The summed E-state index contributed by atoms with van der Waals surface area (Å²) in [4.78, 5) is 22.4. The number of furan rings is 1. The van der Waals surface area contributed by atoms with E-state index in [0.29, 0.717) is 39.3 Å². The van der Waals surface area contributed by atoms with E-state index in [1.165, 1.54) is 0 Å². The Balaban J connectivity index is 1.42. The third-order valence-corrected chi connectivity index (χ3v) is 6.41. The molecule has 2 fully saturated rings. The Morgan fingerprint density at radius 1 is 1.16 bits per heavy atom. The van der Waals surface area contributed by atoms with E-state index in [9.17, 15) is 4.79 Å². The fourth-order valence-corrected chi connectivity index (χ4v) is 4.85. The molecular formula is C25H27N3O4. The Morgan fingerprint density at radius 2 is 2.03 bits per heavy atom. The number of ether oxygens (including phenoxy) is 2. The first-order chi connectivity index (χ1) is 15.7. The lowest BCUT2D eigenvalue weighted by Gasteiger charge is -2.42. The molecule has 2 aromatic heterocycles. The topological polar surface area (TPSA) is 68.0 Å². The van der Waals surface area contributed by atoms with Crippen LogP contribution in [0.1, 0.15) is 22.8 Å². The van der Waals surface area contributed by atoms with Crippen molar-refractivity contribution in [3.63, 3.8) is 0 Å². The molecule has 5 rings (SSSR count). The summed E-state index contributed by atoms with van der Waals surface area (Å²) in [6, 6.07) is 15.7. The quantitative estimate of drug-likeness (QED) is 0.595. The van der Waals surface area contributed by atoms with E-state index in [-0.39, 0.29) is 11.8 Å². The summed E-state index contributed by atoms with van der Waals surface area (Å²) in [5.41, 5.74) is 1.16. The van der Waals surface area contributed by atoms with Crippen LogP contribution in [0.4, 0.5) is 0 Å². The minimum atomic E-state index is -0.930. The van der Waals surface area contributed by atoms with Gasteiger partial charge in [-0.25, -0.2) is 0 Å². The molecule has 4 heterocycles. The van der Waals surface area contributed by atoms with Crippen LogP contribution in [-0.2, 0) is 22.6 Å². The SMILES string of the molecule is COc1ccc(CN2CCO[C@@]3(CN(Cc4ccco4)C[C@@H]3c3cccnc3)C2=O)cc1. The molecule has 0 unspecified atom stereocenters. The van der Waals surface area contributed by atoms with Crippen LogP contribution in [0.25, 0.3) is 0 Å². The molecule has 2 atom stereocenters. The summed E-state index contributed by atoms with van der Waals surface area (Å²) in [6.45, 7) is 3.49. The van der Waals surface area contributed by atoms with Gasteiger partial charge in [0.1, 0.15) is 11.5 Å². The van der Waals surface area contributed by atoms with Gasteiger partial charge < -0.3 is 18.8 Å². The second-order valence-electron chi connectivity index (χ2n) is 8.40. The van der Waals surface area contributed by atoms with Gasteiger partial charge in [-0.05, 0) is 41.5 Å². The Labute approximate surface area is 187 Å². The highest BCUT2D eigenvalue weighted by Gasteiger charge is 2.57. The lowest BCUT2D eigenvalue weighted by Crippen LogP contribution is -2.59. The van der Waals surface area contributed by atoms with E-state index in [2.05, 4.69) is 9.88 Å². The molecule has 0 saturated carbocycles. The number of benzene rings is 1. The van der Waals surface area contributed by atoms with E-state index in [4.69, 9.17) is 13.9 Å². The standard InChI is InChI=1S/C25H27N3O4/c1-30-21-8-6-19(7-9-21)15-28-11-13-32-25(24(28)29)18-27(16-22-5-3-12-31-22)17-23(25)20-4-2-10-26-14-20/h2-10,12,14,23H,11,13,15-18H2,1H3/t23-,25-/m1/s1. The first-order valence-electron chi connectivity index (χ1n) is 10.9. The Bertz CT molecular complexity index is 1040. The average molecular weight is 434 g/mol. The van der Waals surface area contributed by atoms with Gasteiger partial charge in [-0.3, -0.25) is 14.7 Å². The molecule has 2 aliphatic rings. The maximum Gasteiger partial charge on any atom is 0.257 e. The number of methoxy groups -OCH3 is 1. The monoisotopic (exact) mass is 433 g/mol. The van der Waals surface area contributed by atoms with Gasteiger partial charge in [0.05, 0.1) is 26.5 Å². The highest BCUT2D eigenvalue weighted by atomic mass is 16.5. The lowest BCUT2D eigenvalue weighted by molar-refractivity contribution is -0.173. The average Bonchev–Trinajstić information content (AvgIpc) is 3.47. The van der Waals surface area contributed by atoms with Gasteiger partial charge in [0.15, 0.2) is 5.60 Å². The molecule has 2 aliphatic heterocycles. The molecule has 1 aromatic carbocycles. The van der Waals surface area contributed by atoms with Crippen molar-refractivity contribution in [1.82, 2.24) is 14.8 Å². The van der Waals surface area contributed by atoms with Gasteiger partial charge in [0.25, 0.3) is 5.91 Å². The molecule has 166 valence electrons. The maximum atomic E-state index is 13.9. The number of aromatic nitrogens is 1. The summed E-state index contributed by atoms with van der Waals surface area (Å²) in [5.74, 6) is 1.62. The van der Waals surface area contributed by atoms with E-state index in [0.717, 1.165) is 22.6 Å². The van der Waals surface area contributed by atoms with Crippen molar-refractivity contribution in [1.29, 1.82) is 0 Å². The smallest absolute Gasteiger partial charge is 0.257 e. The van der Waals surface area contributed by atoms with E-state index in [1.54, 1.807) is 19.6 Å². The molecule has 7 nitrogen and oxygen atoms in total. The van der Waals surface area contributed by atoms with Crippen molar-refractivity contribution in [2.24, 2.45) is 0 Å². The van der Waals surface area contributed by atoms with Crippen molar-refractivity contribution < 1.29 is 18.7 Å².